The summed E-state index contributed by atoms with van der Waals surface area (Å²) in [4.78, 5) is 13.5. The Morgan fingerprint density at radius 3 is 2.58 bits per heavy atom. The summed E-state index contributed by atoms with van der Waals surface area (Å²) in [6, 6.07) is 11.6. The van der Waals surface area contributed by atoms with E-state index >= 15 is 0 Å². The number of halogens is 1. The van der Waals surface area contributed by atoms with Gasteiger partial charge in [-0.15, -0.1) is 21.5 Å². The first-order valence-electron chi connectivity index (χ1n) is 10.5. The highest BCUT2D eigenvalue weighted by Crippen LogP contribution is 2.42. The van der Waals surface area contributed by atoms with Crippen molar-refractivity contribution in [1.29, 1.82) is 5.41 Å². The van der Waals surface area contributed by atoms with Crippen LogP contribution in [-0.2, 0) is 17.8 Å². The van der Waals surface area contributed by atoms with Crippen LogP contribution >= 0.6 is 23.1 Å². The molecule has 0 amide bonds. The number of carbonyl (C=O) groups excluding carboxylic acids is 1. The van der Waals surface area contributed by atoms with Gasteiger partial charge in [0.25, 0.3) is 0 Å². The van der Waals surface area contributed by atoms with Crippen molar-refractivity contribution in [2.24, 2.45) is 0 Å². The van der Waals surface area contributed by atoms with Crippen molar-refractivity contribution in [3.63, 3.8) is 0 Å². The third kappa shape index (κ3) is 5.31. The van der Waals surface area contributed by atoms with E-state index < -0.39 is 5.92 Å². The Kier molecular flexibility index (Phi) is 7.20. The van der Waals surface area contributed by atoms with Gasteiger partial charge in [0, 0.05) is 0 Å². The number of nitrogens with one attached hydrogen (secondary N) is 1. The number of aryl methyl sites for hydroxylation is 1. The molecule has 0 aliphatic carbocycles. The third-order valence-corrected chi connectivity index (χ3v) is 7.02. The van der Waals surface area contributed by atoms with Crippen molar-refractivity contribution in [1.82, 2.24) is 10.2 Å². The molecule has 0 radical (unpaired) electrons. The molecular weight excluding hydrogens is 461 g/mol. The van der Waals surface area contributed by atoms with E-state index in [1.165, 1.54) is 23.5 Å². The normalized spacial score (nSPS) is 17.1. The zero-order chi connectivity index (χ0) is 23.4. The SMILES string of the molecule is CCOc1cc(/C=C2\SC(=N)[C@H](c3nnc(CC)s3)C2=O)ccc1OCc1ccc(F)cc1. The lowest BCUT2D eigenvalue weighted by Crippen LogP contribution is -2.11. The molecule has 1 saturated heterocycles. The Labute approximate surface area is 199 Å². The quantitative estimate of drug-likeness (QED) is 0.418. The number of allylic oxidation sites excluding steroid dienone is 1. The lowest BCUT2D eigenvalue weighted by molar-refractivity contribution is -0.114. The summed E-state index contributed by atoms with van der Waals surface area (Å²) in [6.07, 6.45) is 2.51. The van der Waals surface area contributed by atoms with Crippen molar-refractivity contribution >= 4 is 40.0 Å². The maximum absolute atomic E-state index is 13.1. The van der Waals surface area contributed by atoms with Gasteiger partial charge in [-0.25, -0.2) is 4.39 Å². The number of nitrogens with zero attached hydrogens (tertiary/aromatic N) is 2. The lowest BCUT2D eigenvalue weighted by atomic mass is 10.1. The second kappa shape index (κ2) is 10.3. The molecule has 1 aliphatic heterocycles. The average molecular weight is 484 g/mol. The van der Waals surface area contributed by atoms with Crippen LogP contribution in [0.25, 0.3) is 6.08 Å². The predicted octanol–water partition coefficient (Wildman–Crippen LogP) is 5.64. The molecule has 33 heavy (non-hydrogen) atoms. The molecule has 9 heteroatoms. The van der Waals surface area contributed by atoms with Crippen LogP contribution < -0.4 is 9.47 Å². The molecule has 2 aromatic carbocycles. The molecule has 3 aromatic rings. The fraction of sp³-hybridized carbons (Fsp3) is 0.250. The Hall–Kier alpha value is -3.04. The van der Waals surface area contributed by atoms with Crippen LogP contribution in [0.3, 0.4) is 0 Å². The lowest BCUT2D eigenvalue weighted by Gasteiger charge is -2.13. The third-order valence-electron chi connectivity index (χ3n) is 4.89. The number of hydrogen-bond acceptors (Lipinski definition) is 8. The van der Waals surface area contributed by atoms with Crippen LogP contribution in [-0.4, -0.2) is 27.6 Å². The second-order valence-corrected chi connectivity index (χ2v) is 9.39. The number of thioether (sulfide) groups is 1. The van der Waals surface area contributed by atoms with Gasteiger partial charge in [-0.1, -0.05) is 36.9 Å². The van der Waals surface area contributed by atoms with Gasteiger partial charge in [0.05, 0.1) is 16.6 Å². The highest BCUT2D eigenvalue weighted by atomic mass is 32.2. The van der Waals surface area contributed by atoms with Gasteiger partial charge in [0.1, 0.15) is 28.4 Å². The number of rotatable bonds is 8. The van der Waals surface area contributed by atoms with E-state index in [1.807, 2.05) is 19.9 Å². The molecule has 6 nitrogen and oxygen atoms in total. The standard InChI is InChI=1S/C24H22FN3O3S2/c1-3-20-27-28-24(33-20)21-22(29)19(32-23(21)26)12-15-7-10-17(18(11-15)30-4-2)31-13-14-5-8-16(25)9-6-14/h5-12,21,26H,3-4,13H2,1-2H3/b19-12-,26-23?/t21-/m1/s1. The van der Waals surface area contributed by atoms with E-state index in [0.29, 0.717) is 28.0 Å². The summed E-state index contributed by atoms with van der Waals surface area (Å²) < 4.78 is 24.7. The van der Waals surface area contributed by atoms with Gasteiger partial charge >= 0.3 is 0 Å². The molecular formula is C24H22FN3O3S2. The Bertz CT molecular complexity index is 1210. The molecule has 1 atom stereocenters. The van der Waals surface area contributed by atoms with E-state index in [0.717, 1.165) is 34.3 Å². The minimum absolute atomic E-state index is 0.140. The number of benzene rings is 2. The van der Waals surface area contributed by atoms with Gasteiger partial charge in [-0.3, -0.25) is 10.2 Å². The fourth-order valence-corrected chi connectivity index (χ4v) is 5.19. The van der Waals surface area contributed by atoms with Crippen LogP contribution in [0.5, 0.6) is 11.5 Å². The first kappa shape index (κ1) is 23.1. The van der Waals surface area contributed by atoms with Gasteiger partial charge in [0.15, 0.2) is 17.3 Å². The van der Waals surface area contributed by atoms with E-state index in [2.05, 4.69) is 10.2 Å². The highest BCUT2D eigenvalue weighted by molar-refractivity contribution is 8.19. The molecule has 4 rings (SSSR count). The zero-order valence-electron chi connectivity index (χ0n) is 18.1. The summed E-state index contributed by atoms with van der Waals surface area (Å²) in [5.41, 5.74) is 1.61. The monoisotopic (exact) mass is 483 g/mol. The highest BCUT2D eigenvalue weighted by Gasteiger charge is 2.39. The van der Waals surface area contributed by atoms with E-state index in [-0.39, 0.29) is 23.3 Å². The zero-order valence-corrected chi connectivity index (χ0v) is 19.8. The van der Waals surface area contributed by atoms with E-state index in [4.69, 9.17) is 14.9 Å². The molecule has 1 fully saturated rings. The molecule has 170 valence electrons. The number of ether oxygens (including phenoxy) is 2. The summed E-state index contributed by atoms with van der Waals surface area (Å²) >= 11 is 2.53. The minimum Gasteiger partial charge on any atom is -0.490 e. The van der Waals surface area contributed by atoms with Crippen LogP contribution in [0.15, 0.2) is 47.4 Å². The average Bonchev–Trinajstić information content (AvgIpc) is 3.38. The first-order chi connectivity index (χ1) is 16.0. The molecule has 1 aromatic heterocycles. The van der Waals surface area contributed by atoms with Crippen LogP contribution in [0.2, 0.25) is 0 Å². The first-order valence-corrected chi connectivity index (χ1v) is 12.1. The molecule has 0 unspecified atom stereocenters. The predicted molar refractivity (Wildman–Crippen MR) is 129 cm³/mol. The Balaban J connectivity index is 1.53. The maximum atomic E-state index is 13.1. The summed E-state index contributed by atoms with van der Waals surface area (Å²) in [5, 5.41) is 18.2. The number of carbonyl (C=O) groups is 1. The van der Waals surface area contributed by atoms with Crippen molar-refractivity contribution in [2.45, 2.75) is 32.8 Å². The van der Waals surface area contributed by atoms with Crippen molar-refractivity contribution in [3.05, 3.63) is 74.3 Å². The van der Waals surface area contributed by atoms with Gasteiger partial charge in [0.2, 0.25) is 0 Å². The van der Waals surface area contributed by atoms with Gasteiger partial charge in [-0.05, 0) is 54.8 Å². The van der Waals surface area contributed by atoms with E-state index in [9.17, 15) is 9.18 Å². The van der Waals surface area contributed by atoms with Gasteiger partial charge < -0.3 is 9.47 Å². The molecule has 0 spiro atoms. The number of aromatic nitrogens is 2. The molecule has 2 heterocycles. The molecule has 0 saturated carbocycles. The summed E-state index contributed by atoms with van der Waals surface area (Å²) in [5.74, 6) is -0.00658. The fourth-order valence-electron chi connectivity index (χ4n) is 3.24. The molecule has 0 bridgehead atoms. The Morgan fingerprint density at radius 1 is 1.09 bits per heavy atom. The molecule has 1 aliphatic rings. The number of Topliss-reactive ketones (excluding diaryl/α,β-unsaturated/α-hetero) is 1. The van der Waals surface area contributed by atoms with Crippen LogP contribution in [0.4, 0.5) is 4.39 Å². The van der Waals surface area contributed by atoms with Crippen LogP contribution in [0.1, 0.15) is 40.9 Å². The summed E-state index contributed by atoms with van der Waals surface area (Å²) in [6.45, 7) is 4.58. The van der Waals surface area contributed by atoms with E-state index in [1.54, 1.807) is 30.3 Å². The maximum Gasteiger partial charge on any atom is 0.186 e. The van der Waals surface area contributed by atoms with Crippen LogP contribution in [0, 0.1) is 11.2 Å². The largest absolute Gasteiger partial charge is 0.490 e. The molecule has 1 N–H and O–H groups in total. The van der Waals surface area contributed by atoms with Crippen molar-refractivity contribution in [3.8, 4) is 11.5 Å². The van der Waals surface area contributed by atoms with Gasteiger partial charge in [-0.2, -0.15) is 0 Å². The Morgan fingerprint density at radius 2 is 1.88 bits per heavy atom. The number of hydrogen-bond donors (Lipinski definition) is 1. The topological polar surface area (TPSA) is 85.2 Å². The van der Waals surface area contributed by atoms with Crippen molar-refractivity contribution in [2.75, 3.05) is 6.61 Å². The second-order valence-electron chi connectivity index (χ2n) is 7.21. The number of ketones is 1. The van der Waals surface area contributed by atoms with Crippen molar-refractivity contribution < 1.29 is 18.7 Å². The summed E-state index contributed by atoms with van der Waals surface area (Å²) in [7, 11) is 0. The smallest absolute Gasteiger partial charge is 0.186 e. The minimum atomic E-state index is -0.677.